The number of halogens is 2. The van der Waals surface area contributed by atoms with E-state index in [0.717, 1.165) is 0 Å². The number of hydrogen-bond acceptors (Lipinski definition) is 4. The molecule has 0 aliphatic rings. The van der Waals surface area contributed by atoms with Gasteiger partial charge in [-0.05, 0) is 48.5 Å². The third-order valence-electron chi connectivity index (χ3n) is 3.03. The van der Waals surface area contributed by atoms with Crippen molar-refractivity contribution < 1.29 is 19.1 Å². The number of Topliss-reactive ketones (excluding diaryl/α,β-unsaturated/α-hetero) is 1. The largest absolute Gasteiger partial charge is 0.456 e. The molecule has 0 aliphatic heterocycles. The molecule has 0 spiro atoms. The van der Waals surface area contributed by atoms with Crippen LogP contribution in [0.15, 0.2) is 48.5 Å². The molecule has 5 nitrogen and oxygen atoms in total. The van der Waals surface area contributed by atoms with Gasteiger partial charge >= 0.3 is 5.97 Å². The lowest BCUT2D eigenvalue weighted by molar-refractivity contribution is -0.141. The second-order valence-corrected chi connectivity index (χ2v) is 5.65. The monoisotopic (exact) mass is 365 g/mol. The van der Waals surface area contributed by atoms with Crippen molar-refractivity contribution in [3.63, 3.8) is 0 Å². The van der Waals surface area contributed by atoms with Gasteiger partial charge in [0.15, 0.2) is 12.4 Å². The van der Waals surface area contributed by atoms with Gasteiger partial charge in [0.05, 0.1) is 0 Å². The molecular weight excluding hydrogens is 353 g/mol. The Balaban J connectivity index is 1.77. The molecule has 0 aliphatic carbocycles. The number of hydrogen-bond donors (Lipinski definition) is 1. The SMILES string of the molecule is O=C(CNC(=O)c1ccc(Cl)cc1)OCC(=O)c1ccc(Cl)cc1. The van der Waals surface area contributed by atoms with Crippen molar-refractivity contribution in [2.45, 2.75) is 0 Å². The maximum absolute atomic E-state index is 11.8. The van der Waals surface area contributed by atoms with Crippen molar-refractivity contribution in [2.24, 2.45) is 0 Å². The van der Waals surface area contributed by atoms with Gasteiger partial charge < -0.3 is 10.1 Å². The molecule has 0 saturated carbocycles. The summed E-state index contributed by atoms with van der Waals surface area (Å²) in [5.41, 5.74) is 0.752. The van der Waals surface area contributed by atoms with Crippen molar-refractivity contribution in [2.75, 3.05) is 13.2 Å². The maximum atomic E-state index is 11.8. The minimum Gasteiger partial charge on any atom is -0.456 e. The lowest BCUT2D eigenvalue weighted by atomic mass is 10.1. The average molecular weight is 366 g/mol. The van der Waals surface area contributed by atoms with Gasteiger partial charge in [-0.1, -0.05) is 23.2 Å². The third-order valence-corrected chi connectivity index (χ3v) is 3.53. The van der Waals surface area contributed by atoms with Crippen molar-refractivity contribution in [3.8, 4) is 0 Å². The Morgan fingerprint density at radius 2 is 1.33 bits per heavy atom. The summed E-state index contributed by atoms with van der Waals surface area (Å²) >= 11 is 11.5. The highest BCUT2D eigenvalue weighted by molar-refractivity contribution is 6.31. The highest BCUT2D eigenvalue weighted by Crippen LogP contribution is 2.10. The molecule has 0 bridgehead atoms. The fourth-order valence-electron chi connectivity index (χ4n) is 1.77. The molecule has 124 valence electrons. The van der Waals surface area contributed by atoms with Crippen LogP contribution in [0.2, 0.25) is 10.0 Å². The van der Waals surface area contributed by atoms with Gasteiger partial charge in [-0.25, -0.2) is 0 Å². The van der Waals surface area contributed by atoms with Crippen molar-refractivity contribution in [3.05, 3.63) is 69.7 Å². The van der Waals surface area contributed by atoms with E-state index < -0.39 is 18.5 Å². The average Bonchev–Trinajstić information content (AvgIpc) is 2.58. The molecule has 24 heavy (non-hydrogen) atoms. The second-order valence-electron chi connectivity index (χ2n) is 4.78. The molecule has 1 amide bonds. The van der Waals surface area contributed by atoms with Crippen LogP contribution in [0.3, 0.4) is 0 Å². The van der Waals surface area contributed by atoms with E-state index in [2.05, 4.69) is 5.32 Å². The molecule has 0 aromatic heterocycles. The summed E-state index contributed by atoms with van der Waals surface area (Å²) in [6.07, 6.45) is 0. The van der Waals surface area contributed by atoms with Gasteiger partial charge in [-0.3, -0.25) is 14.4 Å². The zero-order valence-corrected chi connectivity index (χ0v) is 13.9. The molecular formula is C17H13Cl2NO4. The Kier molecular flexibility index (Phi) is 6.35. The van der Waals surface area contributed by atoms with Crippen LogP contribution in [-0.4, -0.2) is 30.8 Å². The number of rotatable bonds is 6. The predicted octanol–water partition coefficient (Wildman–Crippen LogP) is 3.15. The minimum atomic E-state index is -0.709. The van der Waals surface area contributed by atoms with Crippen molar-refractivity contribution in [1.82, 2.24) is 5.32 Å². The summed E-state index contributed by atoms with van der Waals surface area (Å²) in [5.74, 6) is -1.50. The van der Waals surface area contributed by atoms with Gasteiger partial charge in [0.25, 0.3) is 5.91 Å². The van der Waals surface area contributed by atoms with E-state index in [-0.39, 0.29) is 12.3 Å². The lowest BCUT2D eigenvalue weighted by Crippen LogP contribution is -2.31. The number of carbonyl (C=O) groups excluding carboxylic acids is 3. The normalized spacial score (nSPS) is 10.1. The first kappa shape index (κ1) is 18.0. The zero-order chi connectivity index (χ0) is 17.5. The molecule has 0 radical (unpaired) electrons. The van der Waals surface area contributed by atoms with Gasteiger partial charge in [-0.15, -0.1) is 0 Å². The number of ether oxygens (including phenoxy) is 1. The number of carbonyl (C=O) groups is 3. The third kappa shape index (κ3) is 5.37. The summed E-state index contributed by atoms with van der Waals surface area (Å²) in [7, 11) is 0. The summed E-state index contributed by atoms with van der Waals surface area (Å²) < 4.78 is 4.84. The topological polar surface area (TPSA) is 72.5 Å². The van der Waals surface area contributed by atoms with Crippen molar-refractivity contribution >= 4 is 40.9 Å². The summed E-state index contributed by atoms with van der Waals surface area (Å²) in [5, 5.41) is 3.42. The molecule has 0 fully saturated rings. The van der Waals surface area contributed by atoms with Gasteiger partial charge in [0, 0.05) is 21.2 Å². The lowest BCUT2D eigenvalue weighted by Gasteiger charge is -2.06. The first-order valence-electron chi connectivity index (χ1n) is 6.94. The van der Waals surface area contributed by atoms with Crippen LogP contribution in [-0.2, 0) is 9.53 Å². The van der Waals surface area contributed by atoms with Crippen LogP contribution in [0, 0.1) is 0 Å². The van der Waals surface area contributed by atoms with Gasteiger partial charge in [0.1, 0.15) is 6.54 Å². The minimum absolute atomic E-state index is 0.338. The number of ketones is 1. The Bertz CT molecular complexity index is 679. The first-order chi connectivity index (χ1) is 11.5. The summed E-state index contributed by atoms with van der Waals surface area (Å²) in [6, 6.07) is 12.4. The smallest absolute Gasteiger partial charge is 0.325 e. The van der Waals surface area contributed by atoms with Crippen LogP contribution in [0.25, 0.3) is 0 Å². The molecule has 0 heterocycles. The highest BCUT2D eigenvalue weighted by atomic mass is 35.5. The van der Waals surface area contributed by atoms with E-state index in [1.807, 2.05) is 0 Å². The van der Waals surface area contributed by atoms with Crippen molar-refractivity contribution in [1.29, 1.82) is 0 Å². The van der Waals surface area contributed by atoms with E-state index in [9.17, 15) is 14.4 Å². The van der Waals surface area contributed by atoms with Crippen LogP contribution >= 0.6 is 23.2 Å². The Morgan fingerprint density at radius 1 is 0.833 bits per heavy atom. The highest BCUT2D eigenvalue weighted by Gasteiger charge is 2.12. The fourth-order valence-corrected chi connectivity index (χ4v) is 2.02. The summed E-state index contributed by atoms with van der Waals surface area (Å²) in [4.78, 5) is 35.2. The van der Waals surface area contributed by atoms with Gasteiger partial charge in [-0.2, -0.15) is 0 Å². The molecule has 0 unspecified atom stereocenters. The molecule has 2 aromatic carbocycles. The number of benzene rings is 2. The molecule has 2 rings (SSSR count). The standard InChI is InChI=1S/C17H13Cl2NO4/c18-13-5-1-11(2-6-13)15(21)10-24-16(22)9-20-17(23)12-3-7-14(19)8-4-12/h1-8H,9-10H2,(H,20,23). The Morgan fingerprint density at radius 3 is 1.88 bits per heavy atom. The molecule has 1 N–H and O–H groups in total. The molecule has 0 atom stereocenters. The number of nitrogens with one attached hydrogen (secondary N) is 1. The molecule has 7 heteroatoms. The van der Waals surface area contributed by atoms with Crippen LogP contribution in [0.5, 0.6) is 0 Å². The number of amides is 1. The Hall–Kier alpha value is -2.37. The van der Waals surface area contributed by atoms with E-state index in [4.69, 9.17) is 27.9 Å². The quantitative estimate of drug-likeness (QED) is 0.630. The molecule has 2 aromatic rings. The number of esters is 1. The van der Waals surface area contributed by atoms with Crippen LogP contribution in [0.1, 0.15) is 20.7 Å². The predicted molar refractivity (Wildman–Crippen MR) is 90.5 cm³/mol. The van der Waals surface area contributed by atoms with E-state index in [0.29, 0.717) is 21.2 Å². The fraction of sp³-hybridized carbons (Fsp3) is 0.118. The first-order valence-corrected chi connectivity index (χ1v) is 7.69. The maximum Gasteiger partial charge on any atom is 0.325 e. The van der Waals surface area contributed by atoms with Crippen LogP contribution < -0.4 is 5.32 Å². The van der Waals surface area contributed by atoms with Crippen LogP contribution in [0.4, 0.5) is 0 Å². The zero-order valence-electron chi connectivity index (χ0n) is 12.4. The molecule has 0 saturated heterocycles. The van der Waals surface area contributed by atoms with Gasteiger partial charge in [0.2, 0.25) is 0 Å². The Labute approximate surface area is 148 Å². The van der Waals surface area contributed by atoms with E-state index in [1.54, 1.807) is 36.4 Å². The van der Waals surface area contributed by atoms with E-state index in [1.165, 1.54) is 12.1 Å². The summed E-state index contributed by atoms with van der Waals surface area (Å²) in [6.45, 7) is -0.743. The second kappa shape index (κ2) is 8.47. The van der Waals surface area contributed by atoms with E-state index >= 15 is 0 Å².